The van der Waals surface area contributed by atoms with Crippen LogP contribution in [0.25, 0.3) is 11.3 Å². The van der Waals surface area contributed by atoms with Crippen molar-refractivity contribution < 1.29 is 9.59 Å². The first-order valence-corrected chi connectivity index (χ1v) is 10.5. The van der Waals surface area contributed by atoms with Gasteiger partial charge >= 0.3 is 0 Å². The number of benzene rings is 1. The first kappa shape index (κ1) is 20.8. The van der Waals surface area contributed by atoms with Crippen LogP contribution in [0.1, 0.15) is 49.4 Å². The summed E-state index contributed by atoms with van der Waals surface area (Å²) in [6, 6.07) is 12.9. The molecule has 2 heterocycles. The van der Waals surface area contributed by atoms with Crippen molar-refractivity contribution in [2.45, 2.75) is 39.0 Å². The zero-order valence-electron chi connectivity index (χ0n) is 16.9. The number of unbranched alkanes of at least 4 members (excludes halogenated alkanes) is 2. The van der Waals surface area contributed by atoms with Gasteiger partial charge in [-0.3, -0.25) is 14.4 Å². The van der Waals surface area contributed by atoms with E-state index in [2.05, 4.69) is 17.2 Å². The van der Waals surface area contributed by atoms with Crippen molar-refractivity contribution in [2.75, 3.05) is 19.6 Å². The molecule has 0 bridgehead atoms. The Hall–Kier alpha value is -2.89. The number of nitrogens with one attached hydrogen (secondary N) is 2. The summed E-state index contributed by atoms with van der Waals surface area (Å²) >= 11 is 0. The van der Waals surface area contributed by atoms with E-state index >= 15 is 0 Å². The number of piperidine rings is 1. The third-order valence-corrected chi connectivity index (χ3v) is 5.46. The minimum atomic E-state index is -0.382. The molecule has 2 amide bonds. The molecule has 1 aliphatic rings. The van der Waals surface area contributed by atoms with Crippen LogP contribution in [0.5, 0.6) is 0 Å². The first-order chi connectivity index (χ1) is 14.1. The van der Waals surface area contributed by atoms with Crippen LogP contribution >= 0.6 is 0 Å². The van der Waals surface area contributed by atoms with Gasteiger partial charge in [-0.05, 0) is 37.0 Å². The number of carbonyl (C=O) groups excluding carboxylic acids is 2. The number of likely N-dealkylation sites (tertiary alicyclic amines) is 1. The number of rotatable bonds is 7. The Bertz CT molecular complexity index is 884. The molecule has 6 nitrogen and oxygen atoms in total. The molecule has 6 heteroatoms. The van der Waals surface area contributed by atoms with Crippen LogP contribution in [0.2, 0.25) is 0 Å². The molecule has 0 spiro atoms. The minimum absolute atomic E-state index is 0.0561. The molecule has 2 aromatic rings. The van der Waals surface area contributed by atoms with Crippen molar-refractivity contribution in [3.05, 3.63) is 58.4 Å². The van der Waals surface area contributed by atoms with Crippen molar-refractivity contribution in [1.29, 1.82) is 0 Å². The van der Waals surface area contributed by atoms with Gasteiger partial charge < -0.3 is 15.2 Å². The highest BCUT2D eigenvalue weighted by Gasteiger charge is 2.28. The second-order valence-corrected chi connectivity index (χ2v) is 7.55. The lowest BCUT2D eigenvalue weighted by Crippen LogP contribution is -2.44. The van der Waals surface area contributed by atoms with Crippen molar-refractivity contribution in [3.63, 3.8) is 0 Å². The summed E-state index contributed by atoms with van der Waals surface area (Å²) < 4.78 is 0. The lowest BCUT2D eigenvalue weighted by atomic mass is 9.95. The van der Waals surface area contributed by atoms with E-state index in [1.807, 2.05) is 30.3 Å². The molecule has 0 unspecified atom stereocenters. The average Bonchev–Trinajstić information content (AvgIpc) is 2.77. The fraction of sp³-hybridized carbons (Fsp3) is 0.435. The van der Waals surface area contributed by atoms with E-state index in [4.69, 9.17) is 0 Å². The largest absolute Gasteiger partial charge is 0.356 e. The van der Waals surface area contributed by atoms with E-state index in [-0.39, 0.29) is 28.9 Å². The Morgan fingerprint density at radius 3 is 2.45 bits per heavy atom. The van der Waals surface area contributed by atoms with Crippen molar-refractivity contribution in [3.8, 4) is 11.3 Å². The van der Waals surface area contributed by atoms with Crippen molar-refractivity contribution in [1.82, 2.24) is 15.2 Å². The molecular formula is C23H29N3O3. The molecular weight excluding hydrogens is 366 g/mol. The van der Waals surface area contributed by atoms with E-state index in [0.29, 0.717) is 31.6 Å². The van der Waals surface area contributed by atoms with Crippen LogP contribution in [0.3, 0.4) is 0 Å². The number of carbonyl (C=O) groups is 2. The molecule has 1 aromatic carbocycles. The highest BCUT2D eigenvalue weighted by atomic mass is 16.2. The summed E-state index contributed by atoms with van der Waals surface area (Å²) in [5.41, 5.74) is 1.35. The first-order valence-electron chi connectivity index (χ1n) is 10.5. The summed E-state index contributed by atoms with van der Waals surface area (Å²) in [5, 5.41) is 3.00. The fourth-order valence-corrected chi connectivity index (χ4v) is 3.67. The average molecular weight is 396 g/mol. The lowest BCUT2D eigenvalue weighted by Gasteiger charge is -2.31. The second kappa shape index (κ2) is 10.0. The molecule has 1 aromatic heterocycles. The zero-order chi connectivity index (χ0) is 20.6. The van der Waals surface area contributed by atoms with E-state index in [0.717, 1.165) is 31.4 Å². The molecule has 29 heavy (non-hydrogen) atoms. The highest BCUT2D eigenvalue weighted by Crippen LogP contribution is 2.20. The number of amides is 2. The van der Waals surface area contributed by atoms with Gasteiger partial charge in [-0.25, -0.2) is 0 Å². The van der Waals surface area contributed by atoms with Crippen LogP contribution in [0, 0.1) is 5.92 Å². The number of hydrogen-bond donors (Lipinski definition) is 2. The predicted octanol–water partition coefficient (Wildman–Crippen LogP) is 3.20. The Balaban J connectivity index is 1.57. The van der Waals surface area contributed by atoms with Gasteiger partial charge in [0.15, 0.2) is 0 Å². The molecule has 0 aliphatic carbocycles. The third kappa shape index (κ3) is 5.34. The second-order valence-electron chi connectivity index (χ2n) is 7.55. The quantitative estimate of drug-likeness (QED) is 0.707. The van der Waals surface area contributed by atoms with Gasteiger partial charge in [0.2, 0.25) is 5.91 Å². The Morgan fingerprint density at radius 1 is 1.07 bits per heavy atom. The maximum atomic E-state index is 12.8. The summed E-state index contributed by atoms with van der Waals surface area (Å²) in [6.45, 7) is 3.83. The molecule has 154 valence electrons. The predicted molar refractivity (Wildman–Crippen MR) is 114 cm³/mol. The maximum Gasteiger partial charge on any atom is 0.261 e. The number of pyridine rings is 1. The van der Waals surface area contributed by atoms with Crippen LogP contribution in [0.4, 0.5) is 0 Å². The van der Waals surface area contributed by atoms with E-state index in [9.17, 15) is 14.4 Å². The highest BCUT2D eigenvalue weighted by molar-refractivity contribution is 5.94. The minimum Gasteiger partial charge on any atom is -0.356 e. The standard InChI is InChI=1S/C23H29N3O3/c1-2-3-7-14-24-21(27)18-12-15-26(16-13-18)23(29)19-10-11-20(25-22(19)28)17-8-5-4-6-9-17/h4-6,8-11,18H,2-3,7,12-16H2,1H3,(H,24,27)(H,25,28). The van der Waals surface area contributed by atoms with Gasteiger partial charge in [-0.2, -0.15) is 0 Å². The van der Waals surface area contributed by atoms with E-state index in [1.165, 1.54) is 0 Å². The summed E-state index contributed by atoms with van der Waals surface area (Å²) in [5.74, 6) is -0.245. The zero-order valence-corrected chi connectivity index (χ0v) is 16.9. The van der Waals surface area contributed by atoms with Gasteiger partial charge in [-0.1, -0.05) is 50.1 Å². The molecule has 0 saturated carbocycles. The van der Waals surface area contributed by atoms with Gasteiger partial charge in [-0.15, -0.1) is 0 Å². The van der Waals surface area contributed by atoms with Crippen molar-refractivity contribution in [2.24, 2.45) is 5.92 Å². The number of aromatic nitrogens is 1. The Morgan fingerprint density at radius 2 is 1.79 bits per heavy atom. The maximum absolute atomic E-state index is 12.8. The third-order valence-electron chi connectivity index (χ3n) is 5.46. The molecule has 2 N–H and O–H groups in total. The SMILES string of the molecule is CCCCCNC(=O)C1CCN(C(=O)c2ccc(-c3ccccc3)[nH]c2=O)CC1. The number of aromatic amines is 1. The summed E-state index contributed by atoms with van der Waals surface area (Å²) in [7, 11) is 0. The van der Waals surface area contributed by atoms with Crippen LogP contribution in [0.15, 0.2) is 47.3 Å². The summed E-state index contributed by atoms with van der Waals surface area (Å²) in [6.07, 6.45) is 4.50. The smallest absolute Gasteiger partial charge is 0.261 e. The van der Waals surface area contributed by atoms with E-state index in [1.54, 1.807) is 17.0 Å². The molecule has 0 atom stereocenters. The summed E-state index contributed by atoms with van der Waals surface area (Å²) in [4.78, 5) is 42.0. The Kier molecular flexibility index (Phi) is 7.22. The number of H-pyrrole nitrogens is 1. The van der Waals surface area contributed by atoms with Crippen molar-refractivity contribution >= 4 is 11.8 Å². The van der Waals surface area contributed by atoms with Gasteiger partial charge in [0.1, 0.15) is 5.56 Å². The van der Waals surface area contributed by atoms with Gasteiger partial charge in [0.25, 0.3) is 11.5 Å². The molecule has 1 fully saturated rings. The van der Waals surface area contributed by atoms with E-state index < -0.39 is 0 Å². The topological polar surface area (TPSA) is 82.3 Å². The lowest BCUT2D eigenvalue weighted by molar-refractivity contribution is -0.126. The Labute approximate surface area is 171 Å². The normalized spacial score (nSPS) is 14.6. The monoisotopic (exact) mass is 395 g/mol. The molecule has 0 radical (unpaired) electrons. The molecule has 1 aliphatic heterocycles. The van der Waals surface area contributed by atoms with Gasteiger partial charge in [0.05, 0.1) is 0 Å². The number of hydrogen-bond acceptors (Lipinski definition) is 3. The van der Waals surface area contributed by atoms with Gasteiger partial charge in [0, 0.05) is 31.2 Å². The fourth-order valence-electron chi connectivity index (χ4n) is 3.67. The molecule has 1 saturated heterocycles. The molecule has 3 rings (SSSR count). The van der Waals surface area contributed by atoms with Crippen LogP contribution in [-0.4, -0.2) is 41.3 Å². The van der Waals surface area contributed by atoms with Crippen LogP contribution in [-0.2, 0) is 4.79 Å². The number of nitrogens with zero attached hydrogens (tertiary/aromatic N) is 1. The van der Waals surface area contributed by atoms with Crippen LogP contribution < -0.4 is 10.9 Å².